The summed E-state index contributed by atoms with van der Waals surface area (Å²) in [4.78, 5) is 0. The second-order valence-corrected chi connectivity index (χ2v) is 5.48. The Bertz CT molecular complexity index is 549. The second kappa shape index (κ2) is 4.80. The van der Waals surface area contributed by atoms with E-state index in [0.29, 0.717) is 6.42 Å². The molecule has 0 heterocycles. The summed E-state index contributed by atoms with van der Waals surface area (Å²) in [5.74, 6) is 0. The van der Waals surface area contributed by atoms with Crippen LogP contribution in [-0.4, -0.2) is 11.1 Å². The van der Waals surface area contributed by atoms with E-state index >= 15 is 0 Å². The van der Waals surface area contributed by atoms with Crippen LogP contribution in [0.15, 0.2) is 54.6 Å². The molecule has 2 aromatic rings. The quantitative estimate of drug-likeness (QED) is 0.864. The Labute approximate surface area is 113 Å². The summed E-state index contributed by atoms with van der Waals surface area (Å²) < 4.78 is 0. The third-order valence-corrected chi connectivity index (χ3v) is 4.06. The third kappa shape index (κ3) is 2.42. The van der Waals surface area contributed by atoms with Crippen molar-refractivity contribution in [2.75, 3.05) is 0 Å². The van der Waals surface area contributed by atoms with Crippen molar-refractivity contribution in [3.05, 3.63) is 60.2 Å². The molecule has 3 rings (SSSR count). The molecule has 0 saturated heterocycles. The van der Waals surface area contributed by atoms with Gasteiger partial charge >= 0.3 is 0 Å². The molecule has 1 fully saturated rings. The fourth-order valence-corrected chi connectivity index (χ4v) is 2.93. The summed E-state index contributed by atoms with van der Waals surface area (Å²) >= 11 is 0. The normalized spacial score (nSPS) is 26.5. The van der Waals surface area contributed by atoms with Crippen LogP contribution in [0.3, 0.4) is 0 Å². The molecule has 2 aromatic carbocycles. The van der Waals surface area contributed by atoms with Crippen LogP contribution < -0.4 is 5.73 Å². The topological polar surface area (TPSA) is 46.2 Å². The second-order valence-electron chi connectivity index (χ2n) is 5.48. The van der Waals surface area contributed by atoms with Gasteiger partial charge in [-0.2, -0.15) is 0 Å². The number of rotatable bonds is 2. The predicted octanol–water partition coefficient (Wildman–Crippen LogP) is 3.05. The van der Waals surface area contributed by atoms with Crippen LogP contribution >= 0.6 is 0 Å². The molecule has 1 aliphatic rings. The Morgan fingerprint density at radius 2 is 1.58 bits per heavy atom. The molecule has 3 N–H and O–H groups in total. The zero-order valence-corrected chi connectivity index (χ0v) is 10.9. The fourth-order valence-electron chi connectivity index (χ4n) is 2.93. The number of hydrogen-bond acceptors (Lipinski definition) is 2. The number of hydrogen-bond donors (Lipinski definition) is 2. The molecular weight excluding hydrogens is 234 g/mol. The summed E-state index contributed by atoms with van der Waals surface area (Å²) in [6.45, 7) is 0. The highest BCUT2D eigenvalue weighted by Crippen LogP contribution is 2.38. The van der Waals surface area contributed by atoms with Crippen LogP contribution in [0.4, 0.5) is 0 Å². The SMILES string of the molecule is NC1CCC(O)(c2ccc(-c3ccccc3)cc2)C1. The van der Waals surface area contributed by atoms with E-state index in [1.54, 1.807) is 0 Å². The molecule has 0 spiro atoms. The van der Waals surface area contributed by atoms with Gasteiger partial charge in [0.1, 0.15) is 0 Å². The van der Waals surface area contributed by atoms with Gasteiger partial charge in [0.25, 0.3) is 0 Å². The first-order valence-electron chi connectivity index (χ1n) is 6.81. The van der Waals surface area contributed by atoms with E-state index in [2.05, 4.69) is 24.3 Å². The molecule has 19 heavy (non-hydrogen) atoms. The molecule has 2 nitrogen and oxygen atoms in total. The molecule has 2 unspecified atom stereocenters. The molecule has 1 aliphatic carbocycles. The van der Waals surface area contributed by atoms with E-state index in [0.717, 1.165) is 18.4 Å². The van der Waals surface area contributed by atoms with E-state index in [4.69, 9.17) is 5.73 Å². The number of nitrogens with two attached hydrogens (primary N) is 1. The summed E-state index contributed by atoms with van der Waals surface area (Å²) in [6, 6.07) is 18.6. The molecule has 1 saturated carbocycles. The lowest BCUT2D eigenvalue weighted by Gasteiger charge is -2.23. The van der Waals surface area contributed by atoms with Gasteiger partial charge in [-0.15, -0.1) is 0 Å². The monoisotopic (exact) mass is 253 g/mol. The number of benzene rings is 2. The first-order chi connectivity index (χ1) is 9.17. The average Bonchev–Trinajstić information content (AvgIpc) is 2.81. The highest BCUT2D eigenvalue weighted by Gasteiger charge is 2.37. The lowest BCUT2D eigenvalue weighted by atomic mass is 9.90. The van der Waals surface area contributed by atoms with Crippen molar-refractivity contribution in [2.45, 2.75) is 30.9 Å². The standard InChI is InChI=1S/C17H19NO/c18-16-10-11-17(19,12-16)15-8-6-14(7-9-15)13-4-2-1-3-5-13/h1-9,16,19H,10-12,18H2. The Balaban J connectivity index is 1.87. The Hall–Kier alpha value is -1.64. The van der Waals surface area contributed by atoms with E-state index in [1.807, 2.05) is 30.3 Å². The summed E-state index contributed by atoms with van der Waals surface area (Å²) in [6.07, 6.45) is 2.33. The van der Waals surface area contributed by atoms with Crippen molar-refractivity contribution in [1.82, 2.24) is 0 Å². The van der Waals surface area contributed by atoms with Crippen molar-refractivity contribution in [3.63, 3.8) is 0 Å². The van der Waals surface area contributed by atoms with Gasteiger partial charge in [0.05, 0.1) is 5.60 Å². The Kier molecular flexibility index (Phi) is 3.13. The van der Waals surface area contributed by atoms with Crippen LogP contribution in [-0.2, 0) is 5.60 Å². The van der Waals surface area contributed by atoms with Crippen LogP contribution in [0.5, 0.6) is 0 Å². The lowest BCUT2D eigenvalue weighted by molar-refractivity contribution is 0.0431. The molecule has 0 bridgehead atoms. The maximum atomic E-state index is 10.6. The summed E-state index contributed by atoms with van der Waals surface area (Å²) in [5.41, 5.74) is 8.54. The van der Waals surface area contributed by atoms with Gasteiger partial charge < -0.3 is 10.8 Å². The van der Waals surface area contributed by atoms with Crippen molar-refractivity contribution in [1.29, 1.82) is 0 Å². The molecule has 0 amide bonds. The van der Waals surface area contributed by atoms with E-state index in [1.165, 1.54) is 11.1 Å². The Morgan fingerprint density at radius 1 is 0.947 bits per heavy atom. The minimum absolute atomic E-state index is 0.124. The van der Waals surface area contributed by atoms with Gasteiger partial charge in [0.2, 0.25) is 0 Å². The highest BCUT2D eigenvalue weighted by molar-refractivity contribution is 5.63. The third-order valence-electron chi connectivity index (χ3n) is 4.06. The Morgan fingerprint density at radius 3 is 2.16 bits per heavy atom. The van der Waals surface area contributed by atoms with Gasteiger partial charge in [-0.3, -0.25) is 0 Å². The zero-order chi connectivity index (χ0) is 13.3. The van der Waals surface area contributed by atoms with Crippen LogP contribution in [0.25, 0.3) is 11.1 Å². The van der Waals surface area contributed by atoms with E-state index < -0.39 is 5.60 Å². The highest BCUT2D eigenvalue weighted by atomic mass is 16.3. The van der Waals surface area contributed by atoms with Crippen LogP contribution in [0, 0.1) is 0 Å². The van der Waals surface area contributed by atoms with E-state index in [-0.39, 0.29) is 6.04 Å². The lowest BCUT2D eigenvalue weighted by Crippen LogP contribution is -2.25. The van der Waals surface area contributed by atoms with Crippen LogP contribution in [0.1, 0.15) is 24.8 Å². The van der Waals surface area contributed by atoms with Gasteiger partial charge in [-0.1, -0.05) is 54.6 Å². The van der Waals surface area contributed by atoms with Gasteiger partial charge in [0, 0.05) is 6.04 Å². The minimum atomic E-state index is -0.728. The average molecular weight is 253 g/mol. The zero-order valence-electron chi connectivity index (χ0n) is 10.9. The van der Waals surface area contributed by atoms with Crippen molar-refractivity contribution in [3.8, 4) is 11.1 Å². The van der Waals surface area contributed by atoms with Gasteiger partial charge in [-0.25, -0.2) is 0 Å². The van der Waals surface area contributed by atoms with Gasteiger partial charge in [0.15, 0.2) is 0 Å². The molecule has 0 radical (unpaired) electrons. The molecule has 0 aliphatic heterocycles. The smallest absolute Gasteiger partial charge is 0.0911 e. The maximum Gasteiger partial charge on any atom is 0.0911 e. The van der Waals surface area contributed by atoms with Crippen molar-refractivity contribution >= 4 is 0 Å². The molecule has 0 aromatic heterocycles. The largest absolute Gasteiger partial charge is 0.385 e. The molecular formula is C17H19NO. The fraction of sp³-hybridized carbons (Fsp3) is 0.294. The minimum Gasteiger partial charge on any atom is -0.385 e. The molecule has 2 atom stereocenters. The number of aliphatic hydroxyl groups is 1. The maximum absolute atomic E-state index is 10.6. The van der Waals surface area contributed by atoms with Crippen molar-refractivity contribution < 1.29 is 5.11 Å². The summed E-state index contributed by atoms with van der Waals surface area (Å²) in [7, 11) is 0. The van der Waals surface area contributed by atoms with Crippen molar-refractivity contribution in [2.24, 2.45) is 5.73 Å². The predicted molar refractivity (Wildman–Crippen MR) is 77.6 cm³/mol. The first kappa shape index (κ1) is 12.4. The summed E-state index contributed by atoms with van der Waals surface area (Å²) in [5, 5.41) is 10.6. The van der Waals surface area contributed by atoms with E-state index in [9.17, 15) is 5.11 Å². The molecule has 98 valence electrons. The first-order valence-corrected chi connectivity index (χ1v) is 6.81. The van der Waals surface area contributed by atoms with Crippen LogP contribution in [0.2, 0.25) is 0 Å². The van der Waals surface area contributed by atoms with Gasteiger partial charge in [-0.05, 0) is 36.0 Å². The molecule has 2 heteroatoms.